The number of rotatable bonds is 9. The number of nitrogens with zero attached hydrogens (tertiary/aromatic N) is 3. The molecule has 1 saturated heterocycles. The van der Waals surface area contributed by atoms with Gasteiger partial charge in [0.05, 0.1) is 12.6 Å². The second-order valence-corrected chi connectivity index (χ2v) is 5.04. The van der Waals surface area contributed by atoms with Crippen molar-refractivity contribution in [2.24, 2.45) is 10.9 Å². The van der Waals surface area contributed by atoms with E-state index in [0.717, 1.165) is 59.0 Å². The van der Waals surface area contributed by atoms with Crippen LogP contribution in [0, 0.1) is 0 Å². The molecule has 1 unspecified atom stereocenters. The molecule has 1 fully saturated rings. The molecule has 7 heteroatoms. The third kappa shape index (κ3) is 6.04. The predicted octanol–water partition coefficient (Wildman–Crippen LogP) is -0.208. The van der Waals surface area contributed by atoms with Crippen molar-refractivity contribution in [1.29, 1.82) is 0 Å². The van der Waals surface area contributed by atoms with E-state index in [0.29, 0.717) is 0 Å². The Hall–Kier alpha value is -0.890. The molecular formula is C13H28N4O3. The molecule has 0 aromatic carbocycles. The van der Waals surface area contributed by atoms with Gasteiger partial charge in [-0.1, -0.05) is 5.16 Å². The summed E-state index contributed by atoms with van der Waals surface area (Å²) >= 11 is 0. The van der Waals surface area contributed by atoms with Crippen molar-refractivity contribution in [2.75, 3.05) is 59.7 Å². The summed E-state index contributed by atoms with van der Waals surface area (Å²) in [4.78, 5) is 4.61. The highest BCUT2D eigenvalue weighted by atomic mass is 16.5. The van der Waals surface area contributed by atoms with Gasteiger partial charge in [0.15, 0.2) is 5.84 Å². The van der Waals surface area contributed by atoms with Crippen LogP contribution in [0.1, 0.15) is 13.3 Å². The average molecular weight is 288 g/mol. The van der Waals surface area contributed by atoms with E-state index in [1.165, 1.54) is 0 Å². The van der Waals surface area contributed by atoms with E-state index < -0.39 is 0 Å². The van der Waals surface area contributed by atoms with Crippen LogP contribution < -0.4 is 5.73 Å². The van der Waals surface area contributed by atoms with Crippen LogP contribution in [0.25, 0.3) is 0 Å². The quantitative estimate of drug-likeness (QED) is 0.201. The topological polar surface area (TPSA) is 83.6 Å². The summed E-state index contributed by atoms with van der Waals surface area (Å²) in [6.07, 6.45) is 0.946. The number of nitrogens with two attached hydrogens (primary N) is 1. The van der Waals surface area contributed by atoms with Crippen LogP contribution >= 0.6 is 0 Å². The lowest BCUT2D eigenvalue weighted by atomic mass is 10.2. The van der Waals surface area contributed by atoms with Crippen molar-refractivity contribution in [3.05, 3.63) is 0 Å². The summed E-state index contributed by atoms with van der Waals surface area (Å²) in [5.74, 6) is 0.278. The molecule has 1 atom stereocenters. The zero-order chi connectivity index (χ0) is 14.8. The van der Waals surface area contributed by atoms with Crippen LogP contribution in [0.4, 0.5) is 0 Å². The second kappa shape index (κ2) is 9.93. The van der Waals surface area contributed by atoms with E-state index in [1.807, 2.05) is 6.92 Å². The third-order valence-electron chi connectivity index (χ3n) is 3.69. The summed E-state index contributed by atoms with van der Waals surface area (Å²) < 4.78 is 10.5. The molecule has 7 nitrogen and oxygen atoms in total. The molecule has 3 N–H and O–H groups in total. The third-order valence-corrected chi connectivity index (χ3v) is 3.69. The minimum absolute atomic E-state index is 0.00700. The van der Waals surface area contributed by atoms with Crippen LogP contribution in [0.15, 0.2) is 5.16 Å². The zero-order valence-corrected chi connectivity index (χ0v) is 12.6. The van der Waals surface area contributed by atoms with Crippen LogP contribution in [0.3, 0.4) is 0 Å². The normalized spacial score (nSPS) is 20.2. The lowest BCUT2D eigenvalue weighted by molar-refractivity contribution is 0.0623. The number of hydrogen-bond acceptors (Lipinski definition) is 6. The minimum atomic E-state index is -0.00700. The van der Waals surface area contributed by atoms with Gasteiger partial charge in [-0.25, -0.2) is 0 Å². The van der Waals surface area contributed by atoms with Gasteiger partial charge in [-0.3, -0.25) is 9.80 Å². The fourth-order valence-electron chi connectivity index (χ4n) is 2.25. The van der Waals surface area contributed by atoms with Gasteiger partial charge in [-0.15, -0.1) is 0 Å². The van der Waals surface area contributed by atoms with E-state index in [2.05, 4.69) is 15.0 Å². The molecule has 0 spiro atoms. The molecule has 118 valence electrons. The summed E-state index contributed by atoms with van der Waals surface area (Å²) in [6.45, 7) is 9.04. The van der Waals surface area contributed by atoms with Gasteiger partial charge in [-0.2, -0.15) is 0 Å². The fourth-order valence-corrected chi connectivity index (χ4v) is 2.25. The minimum Gasteiger partial charge on any atom is -0.409 e. The smallest absolute Gasteiger partial charge is 0.156 e. The van der Waals surface area contributed by atoms with E-state index in [9.17, 15) is 0 Å². The predicted molar refractivity (Wildman–Crippen MR) is 78.2 cm³/mol. The highest BCUT2D eigenvalue weighted by Gasteiger charge is 2.23. The summed E-state index contributed by atoms with van der Waals surface area (Å²) in [7, 11) is 1.70. The van der Waals surface area contributed by atoms with Crippen molar-refractivity contribution >= 4 is 5.84 Å². The van der Waals surface area contributed by atoms with Crippen molar-refractivity contribution in [3.63, 3.8) is 0 Å². The van der Waals surface area contributed by atoms with Gasteiger partial charge in [0.25, 0.3) is 0 Å². The van der Waals surface area contributed by atoms with E-state index >= 15 is 0 Å². The van der Waals surface area contributed by atoms with Crippen LogP contribution in [0.2, 0.25) is 0 Å². The summed E-state index contributed by atoms with van der Waals surface area (Å²) in [6, 6.07) is -0.00700. The Bertz CT molecular complexity index is 281. The zero-order valence-electron chi connectivity index (χ0n) is 12.6. The van der Waals surface area contributed by atoms with Gasteiger partial charge < -0.3 is 20.4 Å². The van der Waals surface area contributed by atoms with E-state index in [-0.39, 0.29) is 11.9 Å². The standard InChI is InChI=1S/C13H28N4O3/c1-12(13(14)15-18)17-6-4-16(5-7-17)8-11-20-10-3-9-19-2/h12,18H,3-11H2,1-2H3,(H2,14,15). The second-order valence-electron chi connectivity index (χ2n) is 5.04. The van der Waals surface area contributed by atoms with Crippen molar-refractivity contribution in [2.45, 2.75) is 19.4 Å². The maximum atomic E-state index is 8.69. The van der Waals surface area contributed by atoms with Crippen LogP contribution in [-0.2, 0) is 9.47 Å². The highest BCUT2D eigenvalue weighted by Crippen LogP contribution is 2.06. The Morgan fingerprint density at radius 2 is 1.95 bits per heavy atom. The monoisotopic (exact) mass is 288 g/mol. The number of ether oxygens (including phenoxy) is 2. The number of methoxy groups -OCH3 is 1. The SMILES string of the molecule is COCCCOCCN1CCN(C(C)C(N)=NO)CC1. The Morgan fingerprint density at radius 3 is 2.55 bits per heavy atom. The fraction of sp³-hybridized carbons (Fsp3) is 0.923. The van der Waals surface area contributed by atoms with Crippen molar-refractivity contribution in [1.82, 2.24) is 9.80 Å². The molecular weight excluding hydrogens is 260 g/mol. The average Bonchev–Trinajstić information content (AvgIpc) is 2.50. The first-order valence-electron chi connectivity index (χ1n) is 7.19. The van der Waals surface area contributed by atoms with Crippen molar-refractivity contribution in [3.8, 4) is 0 Å². The molecule has 1 rings (SSSR count). The molecule has 0 aliphatic carbocycles. The molecule has 20 heavy (non-hydrogen) atoms. The molecule has 1 heterocycles. The molecule has 0 radical (unpaired) electrons. The van der Waals surface area contributed by atoms with E-state index in [1.54, 1.807) is 7.11 Å². The van der Waals surface area contributed by atoms with Gasteiger partial charge in [-0.05, 0) is 13.3 Å². The molecule has 0 aromatic heterocycles. The summed E-state index contributed by atoms with van der Waals surface area (Å²) in [5, 5.41) is 11.8. The van der Waals surface area contributed by atoms with Gasteiger partial charge in [0.1, 0.15) is 0 Å². The maximum Gasteiger partial charge on any atom is 0.156 e. The Labute approximate surface area is 121 Å². The molecule has 0 bridgehead atoms. The lowest BCUT2D eigenvalue weighted by Gasteiger charge is -2.37. The van der Waals surface area contributed by atoms with Gasteiger partial charge >= 0.3 is 0 Å². The first kappa shape index (κ1) is 17.2. The van der Waals surface area contributed by atoms with Gasteiger partial charge in [0, 0.05) is 53.0 Å². The first-order valence-corrected chi connectivity index (χ1v) is 7.19. The first-order chi connectivity index (χ1) is 9.69. The number of oxime groups is 1. The van der Waals surface area contributed by atoms with Crippen LogP contribution in [-0.4, -0.2) is 86.5 Å². The van der Waals surface area contributed by atoms with Crippen molar-refractivity contribution < 1.29 is 14.7 Å². The Morgan fingerprint density at radius 1 is 1.25 bits per heavy atom. The molecule has 0 saturated carbocycles. The number of piperazine rings is 1. The largest absolute Gasteiger partial charge is 0.409 e. The molecule has 0 aromatic rings. The number of amidine groups is 1. The van der Waals surface area contributed by atoms with E-state index in [4.69, 9.17) is 20.4 Å². The number of hydrogen-bond donors (Lipinski definition) is 2. The molecule has 1 aliphatic heterocycles. The molecule has 0 amide bonds. The van der Waals surface area contributed by atoms with Gasteiger partial charge in [0.2, 0.25) is 0 Å². The summed E-state index contributed by atoms with van der Waals surface area (Å²) in [5.41, 5.74) is 5.63. The van der Waals surface area contributed by atoms with Crippen LogP contribution in [0.5, 0.6) is 0 Å². The highest BCUT2D eigenvalue weighted by molar-refractivity contribution is 5.84. The maximum absolute atomic E-state index is 8.69. The Kier molecular flexibility index (Phi) is 8.52. The Balaban J connectivity index is 2.10. The molecule has 1 aliphatic rings. The lowest BCUT2D eigenvalue weighted by Crippen LogP contribution is -2.53.